The van der Waals surface area contributed by atoms with E-state index in [0.29, 0.717) is 6.61 Å². The van der Waals surface area contributed by atoms with E-state index in [4.69, 9.17) is 9.72 Å². The molecule has 0 spiro atoms. The predicted molar refractivity (Wildman–Crippen MR) is 106 cm³/mol. The van der Waals surface area contributed by atoms with Gasteiger partial charge in [0, 0.05) is 22.6 Å². The van der Waals surface area contributed by atoms with Gasteiger partial charge in [-0.2, -0.15) is 4.40 Å². The minimum atomic E-state index is -0.226. The van der Waals surface area contributed by atoms with Gasteiger partial charge in [-0.15, -0.1) is 0 Å². The van der Waals surface area contributed by atoms with Gasteiger partial charge in [0.15, 0.2) is 5.69 Å². The molecule has 2 aromatic carbocycles. The summed E-state index contributed by atoms with van der Waals surface area (Å²) in [5.41, 5.74) is 4.96. The Kier molecular flexibility index (Phi) is 4.94. The van der Waals surface area contributed by atoms with Gasteiger partial charge in [-0.05, 0) is 11.9 Å². The number of aromatic nitrogens is 2. The molecule has 4 nitrogen and oxygen atoms in total. The van der Waals surface area contributed by atoms with Gasteiger partial charge in [0.05, 0.1) is 6.61 Å². The number of esters is 1. The summed E-state index contributed by atoms with van der Waals surface area (Å²) in [7, 11) is 0. The zero-order chi connectivity index (χ0) is 18.6. The first-order valence-corrected chi connectivity index (χ1v) is 9.74. The van der Waals surface area contributed by atoms with Crippen LogP contribution < -0.4 is 4.40 Å². The Balaban J connectivity index is 1.91. The first-order valence-electron chi connectivity index (χ1n) is 8.86. The van der Waals surface area contributed by atoms with Crippen LogP contribution in [0.15, 0.2) is 72.1 Å². The highest BCUT2D eigenvalue weighted by Crippen LogP contribution is 2.25. The standard InChI is InChI=1S/C22H19N2O2S/c1-2-26-21(25)13-18-15-27-22-23-19(16-9-5-3-6-10-16)14-20(24(18)22)17-11-7-4-8-12-17/h3-12,14-15H,2,13H2,1H3/q+1. The minimum absolute atomic E-state index is 0.226. The molecule has 0 bridgehead atoms. The number of benzene rings is 2. The molecule has 0 radical (unpaired) electrons. The van der Waals surface area contributed by atoms with Crippen molar-refractivity contribution < 1.29 is 13.9 Å². The minimum Gasteiger partial charge on any atom is -0.466 e. The molecule has 0 saturated carbocycles. The third-order valence-electron chi connectivity index (χ3n) is 4.28. The predicted octanol–water partition coefficient (Wildman–Crippen LogP) is 4.32. The summed E-state index contributed by atoms with van der Waals surface area (Å²) >= 11 is 1.54. The molecule has 0 aliphatic rings. The van der Waals surface area contributed by atoms with Crippen molar-refractivity contribution in [3.8, 4) is 22.5 Å². The van der Waals surface area contributed by atoms with Crippen molar-refractivity contribution in [1.29, 1.82) is 0 Å². The van der Waals surface area contributed by atoms with E-state index >= 15 is 0 Å². The van der Waals surface area contributed by atoms with E-state index in [1.165, 1.54) is 11.3 Å². The highest BCUT2D eigenvalue weighted by Gasteiger charge is 2.23. The van der Waals surface area contributed by atoms with E-state index in [1.54, 1.807) is 0 Å². The van der Waals surface area contributed by atoms with Gasteiger partial charge in [0.25, 0.3) is 0 Å². The monoisotopic (exact) mass is 375 g/mol. The van der Waals surface area contributed by atoms with Crippen LogP contribution in [0.1, 0.15) is 12.6 Å². The fraction of sp³-hybridized carbons (Fsp3) is 0.136. The highest BCUT2D eigenvalue weighted by molar-refractivity contribution is 7.14. The molecular weight excluding hydrogens is 356 g/mol. The molecule has 4 rings (SSSR count). The topological polar surface area (TPSA) is 43.3 Å². The van der Waals surface area contributed by atoms with Gasteiger partial charge >= 0.3 is 10.9 Å². The van der Waals surface area contributed by atoms with E-state index in [0.717, 1.165) is 33.2 Å². The van der Waals surface area contributed by atoms with Crippen molar-refractivity contribution in [3.05, 3.63) is 77.8 Å². The second-order valence-electron chi connectivity index (χ2n) is 6.09. The molecular formula is C22H19N2O2S+. The molecule has 134 valence electrons. The number of hydrogen-bond donors (Lipinski definition) is 0. The smallest absolute Gasteiger partial charge is 0.388 e. The zero-order valence-electron chi connectivity index (χ0n) is 15.0. The Morgan fingerprint density at radius 3 is 2.37 bits per heavy atom. The molecule has 2 heterocycles. The molecule has 0 amide bonds. The van der Waals surface area contributed by atoms with E-state index in [1.807, 2.05) is 48.7 Å². The molecule has 0 saturated heterocycles. The first-order chi connectivity index (χ1) is 13.3. The summed E-state index contributed by atoms with van der Waals surface area (Å²) in [5.74, 6) is -0.226. The molecule has 0 aliphatic carbocycles. The van der Waals surface area contributed by atoms with Crippen molar-refractivity contribution in [1.82, 2.24) is 4.98 Å². The highest BCUT2D eigenvalue weighted by atomic mass is 32.1. The van der Waals surface area contributed by atoms with Crippen molar-refractivity contribution >= 4 is 22.3 Å². The number of nitrogens with zero attached hydrogens (tertiary/aromatic N) is 2. The van der Waals surface area contributed by atoms with Gasteiger partial charge in [-0.25, -0.2) is 0 Å². The van der Waals surface area contributed by atoms with Crippen LogP contribution in [0, 0.1) is 0 Å². The summed E-state index contributed by atoms with van der Waals surface area (Å²) < 4.78 is 7.19. The molecule has 0 aliphatic heterocycles. The number of hydrogen-bond acceptors (Lipinski definition) is 4. The largest absolute Gasteiger partial charge is 0.466 e. The van der Waals surface area contributed by atoms with Crippen molar-refractivity contribution in [3.63, 3.8) is 0 Å². The molecule has 4 aromatic rings. The Bertz CT molecular complexity index is 1080. The van der Waals surface area contributed by atoms with Crippen LogP contribution >= 0.6 is 11.3 Å². The zero-order valence-corrected chi connectivity index (χ0v) is 15.8. The Morgan fingerprint density at radius 1 is 1.04 bits per heavy atom. The number of thiazole rings is 1. The van der Waals surface area contributed by atoms with Crippen molar-refractivity contribution in [2.75, 3.05) is 6.61 Å². The van der Waals surface area contributed by atoms with E-state index in [2.05, 4.69) is 34.7 Å². The van der Waals surface area contributed by atoms with E-state index in [-0.39, 0.29) is 12.4 Å². The second-order valence-corrected chi connectivity index (χ2v) is 6.92. The fourth-order valence-electron chi connectivity index (χ4n) is 3.07. The Morgan fingerprint density at radius 2 is 1.70 bits per heavy atom. The Hall–Kier alpha value is -3.05. The normalized spacial score (nSPS) is 10.9. The molecule has 0 unspecified atom stereocenters. The fourth-order valence-corrected chi connectivity index (χ4v) is 3.97. The number of rotatable bonds is 5. The maximum absolute atomic E-state index is 12.0. The summed E-state index contributed by atoms with van der Waals surface area (Å²) in [6.45, 7) is 2.20. The SMILES string of the molecule is CCOC(=O)Cc1csc2nc(-c3ccccc3)cc(-c3ccccc3)[n+]12. The lowest BCUT2D eigenvalue weighted by Crippen LogP contribution is -2.30. The van der Waals surface area contributed by atoms with E-state index in [9.17, 15) is 4.79 Å². The van der Waals surface area contributed by atoms with Crippen LogP contribution in [0.5, 0.6) is 0 Å². The molecule has 0 atom stereocenters. The van der Waals surface area contributed by atoms with Gasteiger partial charge in [-0.3, -0.25) is 4.79 Å². The van der Waals surface area contributed by atoms with Gasteiger partial charge in [0.1, 0.15) is 17.8 Å². The lowest BCUT2D eigenvalue weighted by molar-refractivity contribution is -0.506. The maximum atomic E-state index is 12.0. The van der Waals surface area contributed by atoms with Gasteiger partial charge < -0.3 is 4.74 Å². The summed E-state index contributed by atoms with van der Waals surface area (Å²) in [6.07, 6.45) is 0.227. The number of carbonyl (C=O) groups is 1. The van der Waals surface area contributed by atoms with Gasteiger partial charge in [0.2, 0.25) is 0 Å². The molecule has 27 heavy (non-hydrogen) atoms. The summed E-state index contributed by atoms with van der Waals surface area (Å²) in [4.78, 5) is 17.7. The third-order valence-corrected chi connectivity index (χ3v) is 5.15. The van der Waals surface area contributed by atoms with Crippen LogP contribution in [-0.2, 0) is 16.0 Å². The number of ether oxygens (including phenoxy) is 1. The Labute approximate surface area is 161 Å². The number of carbonyl (C=O) groups excluding carboxylic acids is 1. The first kappa shape index (κ1) is 17.4. The lowest BCUT2D eigenvalue weighted by Gasteiger charge is -2.05. The van der Waals surface area contributed by atoms with Crippen LogP contribution in [0.4, 0.5) is 0 Å². The number of fused-ring (bicyclic) bond motifs is 1. The van der Waals surface area contributed by atoms with Gasteiger partial charge in [-0.1, -0.05) is 72.0 Å². The lowest BCUT2D eigenvalue weighted by atomic mass is 10.1. The quantitative estimate of drug-likeness (QED) is 0.385. The average Bonchev–Trinajstić information content (AvgIpc) is 3.11. The van der Waals surface area contributed by atoms with Crippen LogP contribution in [0.25, 0.3) is 27.5 Å². The summed E-state index contributed by atoms with van der Waals surface area (Å²) in [6, 6.07) is 22.4. The molecule has 5 heteroatoms. The van der Waals surface area contributed by atoms with E-state index < -0.39 is 0 Å². The second kappa shape index (κ2) is 7.68. The molecule has 2 aromatic heterocycles. The van der Waals surface area contributed by atoms with Crippen molar-refractivity contribution in [2.24, 2.45) is 0 Å². The molecule has 0 fully saturated rings. The average molecular weight is 375 g/mol. The maximum Gasteiger partial charge on any atom is 0.388 e. The van der Waals surface area contributed by atoms with Crippen LogP contribution in [-0.4, -0.2) is 17.6 Å². The van der Waals surface area contributed by atoms with Crippen molar-refractivity contribution in [2.45, 2.75) is 13.3 Å². The summed E-state index contributed by atoms with van der Waals surface area (Å²) in [5, 5.41) is 1.99. The molecule has 0 N–H and O–H groups in total. The van der Waals surface area contributed by atoms with Crippen LogP contribution in [0.3, 0.4) is 0 Å². The third kappa shape index (κ3) is 3.59. The van der Waals surface area contributed by atoms with Crippen LogP contribution in [0.2, 0.25) is 0 Å².